The fourth-order valence-corrected chi connectivity index (χ4v) is 2.05. The van der Waals surface area contributed by atoms with Crippen molar-refractivity contribution in [3.63, 3.8) is 0 Å². The molecule has 0 saturated carbocycles. The van der Waals surface area contributed by atoms with Crippen molar-refractivity contribution in [1.82, 2.24) is 10.2 Å². The van der Waals surface area contributed by atoms with E-state index in [1.165, 1.54) is 0 Å². The Morgan fingerprint density at radius 2 is 2.33 bits per heavy atom. The molecule has 1 saturated heterocycles. The molecule has 0 spiro atoms. The average Bonchev–Trinajstić information content (AvgIpc) is 2.76. The van der Waals surface area contributed by atoms with E-state index in [1.54, 1.807) is 0 Å². The van der Waals surface area contributed by atoms with Crippen LogP contribution in [0.25, 0.3) is 0 Å². The van der Waals surface area contributed by atoms with Crippen molar-refractivity contribution in [2.45, 2.75) is 32.8 Å². The summed E-state index contributed by atoms with van der Waals surface area (Å²) in [4.78, 5) is 13.7. The van der Waals surface area contributed by atoms with Gasteiger partial charge in [-0.05, 0) is 25.9 Å². The fourth-order valence-electron chi connectivity index (χ4n) is 2.05. The number of nitrogens with zero attached hydrogens (tertiary/aromatic N) is 1. The van der Waals surface area contributed by atoms with Crippen molar-refractivity contribution in [1.29, 1.82) is 0 Å². The van der Waals surface area contributed by atoms with Crippen molar-refractivity contribution >= 4 is 6.09 Å². The van der Waals surface area contributed by atoms with Crippen LogP contribution in [0.1, 0.15) is 26.7 Å². The van der Waals surface area contributed by atoms with Crippen LogP contribution in [-0.2, 0) is 9.47 Å². The van der Waals surface area contributed by atoms with Gasteiger partial charge in [0.15, 0.2) is 0 Å². The van der Waals surface area contributed by atoms with Crippen LogP contribution in [0, 0.1) is 5.92 Å². The summed E-state index contributed by atoms with van der Waals surface area (Å²) in [6.07, 6.45) is 1.37. The van der Waals surface area contributed by atoms with Crippen LogP contribution in [0.5, 0.6) is 0 Å². The molecule has 0 aromatic rings. The topological polar surface area (TPSA) is 50.8 Å². The standard InChI is InChI=1S/C13H26N2O3/c1-11(2)9-15(3)7-4-6-14-13(16)18-12-5-8-17-10-12/h11-12H,4-10H2,1-3H3,(H,14,16). The van der Waals surface area contributed by atoms with Gasteiger partial charge in [-0.1, -0.05) is 13.8 Å². The third-order valence-electron chi connectivity index (χ3n) is 2.82. The van der Waals surface area contributed by atoms with Crippen LogP contribution < -0.4 is 5.32 Å². The van der Waals surface area contributed by atoms with Gasteiger partial charge < -0.3 is 19.7 Å². The molecule has 1 atom stereocenters. The lowest BCUT2D eigenvalue weighted by atomic mass is 10.2. The van der Waals surface area contributed by atoms with Gasteiger partial charge in [0, 0.05) is 19.5 Å². The molecule has 106 valence electrons. The van der Waals surface area contributed by atoms with E-state index in [0.29, 0.717) is 25.7 Å². The van der Waals surface area contributed by atoms with Gasteiger partial charge in [-0.3, -0.25) is 0 Å². The second-order valence-corrected chi connectivity index (χ2v) is 5.33. The second-order valence-electron chi connectivity index (χ2n) is 5.33. The zero-order valence-electron chi connectivity index (χ0n) is 11.8. The zero-order chi connectivity index (χ0) is 13.4. The highest BCUT2D eigenvalue weighted by Crippen LogP contribution is 2.07. The summed E-state index contributed by atoms with van der Waals surface area (Å²) in [5.74, 6) is 0.676. The van der Waals surface area contributed by atoms with E-state index in [4.69, 9.17) is 9.47 Å². The fraction of sp³-hybridized carbons (Fsp3) is 0.923. The second kappa shape index (κ2) is 8.32. The van der Waals surface area contributed by atoms with Crippen LogP contribution in [0.3, 0.4) is 0 Å². The van der Waals surface area contributed by atoms with Crippen LogP contribution in [0.2, 0.25) is 0 Å². The predicted molar refractivity (Wildman–Crippen MR) is 70.7 cm³/mol. The van der Waals surface area contributed by atoms with E-state index in [1.807, 2.05) is 0 Å². The molecule has 0 bridgehead atoms. The van der Waals surface area contributed by atoms with E-state index in [2.05, 4.69) is 31.1 Å². The van der Waals surface area contributed by atoms with E-state index in [-0.39, 0.29) is 12.2 Å². The van der Waals surface area contributed by atoms with E-state index in [9.17, 15) is 4.79 Å². The summed E-state index contributed by atoms with van der Waals surface area (Å²) in [6.45, 7) is 8.37. The number of amides is 1. The minimum Gasteiger partial charge on any atom is -0.444 e. The highest BCUT2D eigenvalue weighted by Gasteiger charge is 2.19. The van der Waals surface area contributed by atoms with Gasteiger partial charge in [0.05, 0.1) is 13.2 Å². The van der Waals surface area contributed by atoms with E-state index < -0.39 is 0 Å². The summed E-state index contributed by atoms with van der Waals surface area (Å²) >= 11 is 0. The Kier molecular flexibility index (Phi) is 7.05. The van der Waals surface area contributed by atoms with Crippen molar-refractivity contribution in [3.05, 3.63) is 0 Å². The van der Waals surface area contributed by atoms with Crippen LogP contribution in [0.4, 0.5) is 4.79 Å². The molecular weight excluding hydrogens is 232 g/mol. The molecule has 0 aliphatic carbocycles. The first-order chi connectivity index (χ1) is 8.58. The summed E-state index contributed by atoms with van der Waals surface area (Å²) < 4.78 is 10.3. The Morgan fingerprint density at radius 3 is 2.94 bits per heavy atom. The normalized spacial score (nSPS) is 19.5. The van der Waals surface area contributed by atoms with Crippen LogP contribution in [0.15, 0.2) is 0 Å². The maximum absolute atomic E-state index is 11.4. The molecule has 5 heteroatoms. The van der Waals surface area contributed by atoms with Crippen molar-refractivity contribution in [2.75, 3.05) is 39.9 Å². The molecule has 1 fully saturated rings. The Morgan fingerprint density at radius 1 is 1.56 bits per heavy atom. The largest absolute Gasteiger partial charge is 0.444 e. The van der Waals surface area contributed by atoms with Gasteiger partial charge >= 0.3 is 6.09 Å². The van der Waals surface area contributed by atoms with E-state index >= 15 is 0 Å². The quantitative estimate of drug-likeness (QED) is 0.703. The van der Waals surface area contributed by atoms with Gasteiger partial charge in [0.25, 0.3) is 0 Å². The number of rotatable bonds is 7. The first kappa shape index (κ1) is 15.2. The average molecular weight is 258 g/mol. The lowest BCUT2D eigenvalue weighted by Crippen LogP contribution is -2.32. The highest BCUT2D eigenvalue weighted by atomic mass is 16.6. The SMILES string of the molecule is CC(C)CN(C)CCCNC(=O)OC1CCOC1. The predicted octanol–water partition coefficient (Wildman–Crippen LogP) is 1.48. The van der Waals surface area contributed by atoms with Gasteiger partial charge in [0.1, 0.15) is 6.10 Å². The first-order valence-electron chi connectivity index (χ1n) is 6.78. The third kappa shape index (κ3) is 6.81. The van der Waals surface area contributed by atoms with Gasteiger partial charge in [0.2, 0.25) is 0 Å². The number of alkyl carbamates (subject to hydrolysis) is 1. The summed E-state index contributed by atoms with van der Waals surface area (Å²) in [7, 11) is 2.11. The number of carbonyl (C=O) groups excluding carboxylic acids is 1. The monoisotopic (exact) mass is 258 g/mol. The minimum atomic E-state index is -0.322. The van der Waals surface area contributed by atoms with E-state index in [0.717, 1.165) is 25.9 Å². The Hall–Kier alpha value is -0.810. The van der Waals surface area contributed by atoms with Crippen LogP contribution >= 0.6 is 0 Å². The molecule has 1 aliphatic heterocycles. The zero-order valence-corrected chi connectivity index (χ0v) is 11.8. The minimum absolute atomic E-state index is 0.0615. The lowest BCUT2D eigenvalue weighted by Gasteiger charge is -2.18. The molecule has 5 nitrogen and oxygen atoms in total. The van der Waals surface area contributed by atoms with Crippen molar-refractivity contribution < 1.29 is 14.3 Å². The molecule has 1 aliphatic rings. The van der Waals surface area contributed by atoms with Gasteiger partial charge in [-0.2, -0.15) is 0 Å². The molecule has 1 N–H and O–H groups in total. The Balaban J connectivity index is 1.98. The highest BCUT2D eigenvalue weighted by molar-refractivity contribution is 5.67. The molecule has 1 unspecified atom stereocenters. The molecule has 0 aromatic carbocycles. The molecule has 0 radical (unpaired) electrons. The molecule has 18 heavy (non-hydrogen) atoms. The molecule has 1 rings (SSSR count). The van der Waals surface area contributed by atoms with Crippen molar-refractivity contribution in [3.8, 4) is 0 Å². The number of hydrogen-bond acceptors (Lipinski definition) is 4. The maximum Gasteiger partial charge on any atom is 0.407 e. The number of carbonyl (C=O) groups is 1. The summed E-state index contributed by atoms with van der Waals surface area (Å²) in [6, 6.07) is 0. The molecule has 1 amide bonds. The van der Waals surface area contributed by atoms with Gasteiger partial charge in [-0.25, -0.2) is 4.79 Å². The van der Waals surface area contributed by atoms with Gasteiger partial charge in [-0.15, -0.1) is 0 Å². The third-order valence-corrected chi connectivity index (χ3v) is 2.82. The number of hydrogen-bond donors (Lipinski definition) is 1. The smallest absolute Gasteiger partial charge is 0.407 e. The van der Waals surface area contributed by atoms with Crippen LogP contribution in [-0.4, -0.2) is 57.0 Å². The summed E-state index contributed by atoms with van der Waals surface area (Å²) in [5, 5.41) is 2.77. The summed E-state index contributed by atoms with van der Waals surface area (Å²) in [5.41, 5.74) is 0. The molecule has 1 heterocycles. The number of ether oxygens (including phenoxy) is 2. The first-order valence-corrected chi connectivity index (χ1v) is 6.78. The van der Waals surface area contributed by atoms with Crippen molar-refractivity contribution in [2.24, 2.45) is 5.92 Å². The molecule has 0 aromatic heterocycles. The lowest BCUT2D eigenvalue weighted by molar-refractivity contribution is 0.0830. The number of nitrogens with one attached hydrogen (secondary N) is 1. The Labute approximate surface area is 110 Å². The maximum atomic E-state index is 11.4. The Bertz CT molecular complexity index is 240. The molecular formula is C13H26N2O3.